The fourth-order valence-corrected chi connectivity index (χ4v) is 3.48. The first-order valence-electron chi connectivity index (χ1n) is 7.75. The second kappa shape index (κ2) is 6.58. The van der Waals surface area contributed by atoms with Gasteiger partial charge in [-0.1, -0.05) is 12.8 Å². The largest absolute Gasteiger partial charge is 0.427 e. The number of benzene rings is 1. The first-order valence-corrected chi connectivity index (χ1v) is 7.75. The van der Waals surface area contributed by atoms with Crippen molar-refractivity contribution in [3.05, 3.63) is 28.3 Å². The molecule has 2 unspecified atom stereocenters. The molecule has 0 aromatic heterocycles. The van der Waals surface area contributed by atoms with Crippen LogP contribution in [0.1, 0.15) is 25.7 Å². The number of rotatable bonds is 4. The van der Waals surface area contributed by atoms with Gasteiger partial charge in [0.05, 0.1) is 11.5 Å². The lowest BCUT2D eigenvalue weighted by molar-refractivity contribution is -0.386. The number of hydrogen-bond acceptors (Lipinski definition) is 5. The second-order valence-electron chi connectivity index (χ2n) is 5.94. The van der Waals surface area contributed by atoms with Gasteiger partial charge in [-0.05, 0) is 18.9 Å². The molecule has 24 heavy (non-hydrogen) atoms. The summed E-state index contributed by atoms with van der Waals surface area (Å²) in [6.07, 6.45) is 3.77. The number of piperazine rings is 1. The Morgan fingerprint density at radius 3 is 2.79 bits per heavy atom. The number of nitro benzene ring substituents is 1. The van der Waals surface area contributed by atoms with Gasteiger partial charge >= 0.3 is 12.3 Å². The number of nitrogens with one attached hydrogen (secondary N) is 1. The molecular weight excluding hydrogens is 324 g/mol. The summed E-state index contributed by atoms with van der Waals surface area (Å²) in [7, 11) is 0. The summed E-state index contributed by atoms with van der Waals surface area (Å²) in [6.45, 7) is -3.07. The molecule has 130 valence electrons. The van der Waals surface area contributed by atoms with Gasteiger partial charge in [0.15, 0.2) is 0 Å². The summed E-state index contributed by atoms with van der Waals surface area (Å²) in [6, 6.07) is 3.89. The van der Waals surface area contributed by atoms with E-state index in [4.69, 9.17) is 0 Å². The van der Waals surface area contributed by atoms with Crippen molar-refractivity contribution in [3.8, 4) is 5.75 Å². The van der Waals surface area contributed by atoms with E-state index in [-0.39, 0.29) is 24.5 Å². The zero-order valence-corrected chi connectivity index (χ0v) is 12.8. The molecule has 1 amide bonds. The molecule has 1 aliphatic carbocycles. The van der Waals surface area contributed by atoms with Crippen LogP contribution < -0.4 is 15.0 Å². The highest BCUT2D eigenvalue weighted by Crippen LogP contribution is 2.36. The van der Waals surface area contributed by atoms with Gasteiger partial charge in [-0.2, -0.15) is 8.78 Å². The third-order valence-corrected chi connectivity index (χ3v) is 4.48. The van der Waals surface area contributed by atoms with Crippen LogP contribution >= 0.6 is 0 Å². The Bertz CT molecular complexity index is 656. The summed E-state index contributed by atoms with van der Waals surface area (Å²) in [5.74, 6) is -0.640. The molecule has 1 aromatic rings. The second-order valence-corrected chi connectivity index (χ2v) is 5.94. The van der Waals surface area contributed by atoms with E-state index in [2.05, 4.69) is 10.1 Å². The van der Waals surface area contributed by atoms with E-state index < -0.39 is 23.0 Å². The molecule has 1 saturated carbocycles. The van der Waals surface area contributed by atoms with Crippen LogP contribution in [-0.2, 0) is 4.79 Å². The maximum atomic E-state index is 12.5. The third-order valence-electron chi connectivity index (χ3n) is 4.48. The van der Waals surface area contributed by atoms with E-state index in [1.54, 1.807) is 0 Å². The van der Waals surface area contributed by atoms with Gasteiger partial charge in [-0.15, -0.1) is 0 Å². The van der Waals surface area contributed by atoms with Crippen molar-refractivity contribution < 1.29 is 23.2 Å². The Balaban J connectivity index is 1.94. The lowest BCUT2D eigenvalue weighted by atomic mass is 9.87. The van der Waals surface area contributed by atoms with Crippen molar-refractivity contribution in [1.29, 1.82) is 0 Å². The van der Waals surface area contributed by atoms with Crippen molar-refractivity contribution in [2.24, 2.45) is 0 Å². The normalized spacial score (nSPS) is 23.6. The molecular formula is C15H17F2N3O4. The molecule has 2 atom stereocenters. The minimum Gasteiger partial charge on any atom is -0.427 e. The predicted molar refractivity (Wildman–Crippen MR) is 81.3 cm³/mol. The van der Waals surface area contributed by atoms with Gasteiger partial charge in [0, 0.05) is 29.9 Å². The lowest BCUT2D eigenvalue weighted by Gasteiger charge is -2.45. The topological polar surface area (TPSA) is 84.7 Å². The summed E-state index contributed by atoms with van der Waals surface area (Å²) in [5, 5.41) is 13.9. The number of amides is 1. The number of nitrogens with zero attached hydrogens (tertiary/aromatic N) is 2. The number of halogens is 2. The zero-order valence-electron chi connectivity index (χ0n) is 12.8. The van der Waals surface area contributed by atoms with Gasteiger partial charge in [0.1, 0.15) is 0 Å². The molecule has 3 rings (SSSR count). The highest BCUT2D eigenvalue weighted by molar-refractivity contribution is 5.84. The smallest absolute Gasteiger partial charge is 0.387 e. The van der Waals surface area contributed by atoms with Crippen LogP contribution in [0.5, 0.6) is 5.75 Å². The first-order chi connectivity index (χ1) is 11.5. The van der Waals surface area contributed by atoms with E-state index >= 15 is 0 Å². The lowest BCUT2D eigenvalue weighted by Crippen LogP contribution is -2.61. The van der Waals surface area contributed by atoms with Crippen molar-refractivity contribution in [2.45, 2.75) is 44.4 Å². The van der Waals surface area contributed by atoms with Crippen molar-refractivity contribution >= 4 is 17.3 Å². The van der Waals surface area contributed by atoms with E-state index in [1.807, 2.05) is 4.90 Å². The van der Waals surface area contributed by atoms with Crippen LogP contribution in [0.2, 0.25) is 0 Å². The molecule has 1 saturated heterocycles. The molecule has 7 nitrogen and oxygen atoms in total. The van der Waals surface area contributed by atoms with E-state index in [0.29, 0.717) is 5.69 Å². The summed E-state index contributed by atoms with van der Waals surface area (Å²) in [5.41, 5.74) is -0.0521. The van der Waals surface area contributed by atoms with Gasteiger partial charge in [0.2, 0.25) is 11.7 Å². The number of carbonyl (C=O) groups is 1. The maximum Gasteiger partial charge on any atom is 0.387 e. The molecule has 0 bridgehead atoms. The van der Waals surface area contributed by atoms with Crippen LogP contribution in [0.15, 0.2) is 18.2 Å². The van der Waals surface area contributed by atoms with Crippen LogP contribution in [0.25, 0.3) is 0 Å². The monoisotopic (exact) mass is 341 g/mol. The fraction of sp³-hybridized carbons (Fsp3) is 0.533. The van der Waals surface area contributed by atoms with Gasteiger partial charge in [-0.3, -0.25) is 14.9 Å². The van der Waals surface area contributed by atoms with Gasteiger partial charge in [-0.25, -0.2) is 0 Å². The van der Waals surface area contributed by atoms with Crippen LogP contribution in [-0.4, -0.2) is 36.1 Å². The minimum atomic E-state index is -3.16. The third kappa shape index (κ3) is 3.24. The number of alkyl halides is 2. The van der Waals surface area contributed by atoms with Gasteiger partial charge in [0.25, 0.3) is 0 Å². The Morgan fingerprint density at radius 2 is 2.08 bits per heavy atom. The van der Waals surface area contributed by atoms with E-state index in [1.165, 1.54) is 12.1 Å². The number of hydrogen-bond donors (Lipinski definition) is 1. The number of fused-ring (bicyclic) bond motifs is 1. The highest BCUT2D eigenvalue weighted by Gasteiger charge is 2.37. The molecule has 2 fully saturated rings. The Hall–Kier alpha value is -2.45. The average molecular weight is 341 g/mol. The van der Waals surface area contributed by atoms with Crippen LogP contribution in [0.3, 0.4) is 0 Å². The number of anilines is 1. The summed E-state index contributed by atoms with van der Waals surface area (Å²) >= 11 is 0. The van der Waals surface area contributed by atoms with E-state index in [0.717, 1.165) is 31.7 Å². The Labute approximate surface area is 136 Å². The van der Waals surface area contributed by atoms with Crippen molar-refractivity contribution in [3.63, 3.8) is 0 Å². The number of ether oxygens (including phenoxy) is 1. The number of carbonyl (C=O) groups excluding carboxylic acids is 1. The SMILES string of the molecule is O=C1CN(c2ccc([N+](=O)[O-])c(OC(F)F)c2)C2CCCCC2N1. The Morgan fingerprint density at radius 1 is 1.33 bits per heavy atom. The summed E-state index contributed by atoms with van der Waals surface area (Å²) < 4.78 is 29.4. The highest BCUT2D eigenvalue weighted by atomic mass is 19.3. The predicted octanol–water partition coefficient (Wildman–Crippen LogP) is 2.44. The van der Waals surface area contributed by atoms with Crippen LogP contribution in [0.4, 0.5) is 20.2 Å². The molecule has 9 heteroatoms. The van der Waals surface area contributed by atoms with Gasteiger partial charge < -0.3 is 15.0 Å². The molecule has 1 N–H and O–H groups in total. The Kier molecular flexibility index (Phi) is 4.50. The zero-order chi connectivity index (χ0) is 17.3. The molecule has 0 radical (unpaired) electrons. The molecule has 0 spiro atoms. The first kappa shape index (κ1) is 16.4. The molecule has 2 aliphatic rings. The average Bonchev–Trinajstić information content (AvgIpc) is 2.53. The quantitative estimate of drug-likeness (QED) is 0.672. The minimum absolute atomic E-state index is 0.00894. The fourth-order valence-electron chi connectivity index (χ4n) is 3.48. The number of nitro groups is 1. The van der Waals surface area contributed by atoms with Crippen LogP contribution in [0, 0.1) is 10.1 Å². The summed E-state index contributed by atoms with van der Waals surface area (Å²) in [4.78, 5) is 24.0. The maximum absolute atomic E-state index is 12.5. The van der Waals surface area contributed by atoms with Crippen molar-refractivity contribution in [1.82, 2.24) is 5.32 Å². The van der Waals surface area contributed by atoms with Crippen molar-refractivity contribution in [2.75, 3.05) is 11.4 Å². The molecule has 1 aromatic carbocycles. The van der Waals surface area contributed by atoms with E-state index in [9.17, 15) is 23.7 Å². The molecule has 1 aliphatic heterocycles. The molecule has 1 heterocycles. The standard InChI is InChI=1S/C15H17F2N3O4/c16-15(17)24-13-7-9(5-6-12(13)20(22)23)19-8-14(21)18-10-3-1-2-4-11(10)19/h5-7,10-11,15H,1-4,8H2,(H,18,21).